The molecular weight excluding hydrogens is 368 g/mol. The van der Waals surface area contributed by atoms with E-state index in [1.807, 2.05) is 24.5 Å². The summed E-state index contributed by atoms with van der Waals surface area (Å²) in [5.41, 5.74) is 4.89. The van der Waals surface area contributed by atoms with Gasteiger partial charge in [0.05, 0.1) is 17.6 Å². The van der Waals surface area contributed by atoms with Crippen molar-refractivity contribution >= 4 is 22.2 Å². The van der Waals surface area contributed by atoms with Crippen LogP contribution in [0.2, 0.25) is 0 Å². The Kier molecular flexibility index (Phi) is 5.60. The standard InChI is InChI=1S/C21H22N6S/c1-15-7-16(10-23-9-15)12-27-6-2-3-17(13-27)20-14-28-21(26-20)25-19-5-4-18(8-22)24-11-19/h4-5,7,9-11,14,17H,2-3,6,12-13H2,1H3,(H,25,26)/t17-/m0/s1. The third-order valence-corrected chi connectivity index (χ3v) is 5.69. The number of aryl methyl sites for hydroxylation is 1. The molecule has 1 fully saturated rings. The van der Waals surface area contributed by atoms with E-state index < -0.39 is 0 Å². The van der Waals surface area contributed by atoms with Crippen LogP contribution in [-0.4, -0.2) is 32.9 Å². The van der Waals surface area contributed by atoms with Crippen molar-refractivity contribution < 1.29 is 0 Å². The van der Waals surface area contributed by atoms with Gasteiger partial charge in [0.2, 0.25) is 0 Å². The van der Waals surface area contributed by atoms with Gasteiger partial charge in [0.25, 0.3) is 0 Å². The van der Waals surface area contributed by atoms with Gasteiger partial charge in [-0.3, -0.25) is 9.88 Å². The summed E-state index contributed by atoms with van der Waals surface area (Å²) in [6.45, 7) is 5.17. The molecule has 28 heavy (non-hydrogen) atoms. The summed E-state index contributed by atoms with van der Waals surface area (Å²) in [5.74, 6) is 0.456. The predicted octanol–water partition coefficient (Wildman–Crippen LogP) is 4.24. The SMILES string of the molecule is Cc1cncc(CN2CCC[C@H](c3csc(Nc4ccc(C#N)nc4)n3)C2)c1. The number of anilines is 2. The molecule has 6 nitrogen and oxygen atoms in total. The van der Waals surface area contributed by atoms with Crippen molar-refractivity contribution in [3.8, 4) is 6.07 Å². The molecule has 0 radical (unpaired) electrons. The quantitative estimate of drug-likeness (QED) is 0.702. The maximum absolute atomic E-state index is 8.84. The molecule has 0 spiro atoms. The number of piperidine rings is 1. The highest BCUT2D eigenvalue weighted by atomic mass is 32.1. The lowest BCUT2D eigenvalue weighted by Crippen LogP contribution is -2.34. The number of rotatable bonds is 5. The Hall–Kier alpha value is -2.82. The van der Waals surface area contributed by atoms with E-state index in [1.165, 1.54) is 24.0 Å². The molecule has 1 N–H and O–H groups in total. The first-order valence-corrected chi connectivity index (χ1v) is 10.3. The van der Waals surface area contributed by atoms with E-state index in [2.05, 4.69) is 38.6 Å². The zero-order chi connectivity index (χ0) is 19.3. The van der Waals surface area contributed by atoms with Gasteiger partial charge < -0.3 is 5.32 Å². The Morgan fingerprint density at radius 2 is 2.25 bits per heavy atom. The molecule has 1 aliphatic rings. The van der Waals surface area contributed by atoms with Gasteiger partial charge in [0.15, 0.2) is 5.13 Å². The molecular formula is C21H22N6S. The second-order valence-corrected chi connectivity index (χ2v) is 8.05. The lowest BCUT2D eigenvalue weighted by Gasteiger charge is -2.32. The van der Waals surface area contributed by atoms with Crippen molar-refractivity contribution in [3.05, 3.63) is 64.7 Å². The minimum absolute atomic E-state index is 0.413. The van der Waals surface area contributed by atoms with Crippen molar-refractivity contribution in [1.29, 1.82) is 5.26 Å². The van der Waals surface area contributed by atoms with Crippen molar-refractivity contribution in [3.63, 3.8) is 0 Å². The summed E-state index contributed by atoms with van der Waals surface area (Å²) in [6, 6.07) is 7.80. The third-order valence-electron chi connectivity index (χ3n) is 4.91. The van der Waals surface area contributed by atoms with Crippen LogP contribution in [0.3, 0.4) is 0 Å². The molecule has 0 amide bonds. The highest BCUT2D eigenvalue weighted by Crippen LogP contribution is 2.31. The molecule has 3 aromatic heterocycles. The maximum atomic E-state index is 8.84. The average Bonchev–Trinajstić information content (AvgIpc) is 3.17. The molecule has 0 bridgehead atoms. The van der Waals surface area contributed by atoms with E-state index >= 15 is 0 Å². The van der Waals surface area contributed by atoms with Crippen LogP contribution in [0.5, 0.6) is 0 Å². The second-order valence-electron chi connectivity index (χ2n) is 7.19. The van der Waals surface area contributed by atoms with E-state index in [-0.39, 0.29) is 0 Å². The van der Waals surface area contributed by atoms with Crippen LogP contribution in [0.25, 0.3) is 0 Å². The Morgan fingerprint density at radius 3 is 3.04 bits per heavy atom. The van der Waals surface area contributed by atoms with Gasteiger partial charge in [0.1, 0.15) is 11.8 Å². The van der Waals surface area contributed by atoms with Crippen molar-refractivity contribution in [2.75, 3.05) is 18.4 Å². The summed E-state index contributed by atoms with van der Waals surface area (Å²) in [7, 11) is 0. The highest BCUT2D eigenvalue weighted by Gasteiger charge is 2.23. The monoisotopic (exact) mass is 390 g/mol. The molecule has 7 heteroatoms. The zero-order valence-corrected chi connectivity index (χ0v) is 16.6. The van der Waals surface area contributed by atoms with E-state index in [0.717, 1.165) is 36.1 Å². The van der Waals surface area contributed by atoms with Gasteiger partial charge >= 0.3 is 0 Å². The van der Waals surface area contributed by atoms with Crippen LogP contribution >= 0.6 is 11.3 Å². The van der Waals surface area contributed by atoms with Crippen LogP contribution in [-0.2, 0) is 6.54 Å². The molecule has 1 aliphatic heterocycles. The number of hydrogen-bond donors (Lipinski definition) is 1. The number of nitrogens with one attached hydrogen (secondary N) is 1. The van der Waals surface area contributed by atoms with Crippen molar-refractivity contribution in [2.45, 2.75) is 32.2 Å². The summed E-state index contributed by atoms with van der Waals surface area (Å²) < 4.78 is 0. The van der Waals surface area contributed by atoms with Crippen LogP contribution in [0.4, 0.5) is 10.8 Å². The molecule has 142 valence electrons. The zero-order valence-electron chi connectivity index (χ0n) is 15.8. The predicted molar refractivity (Wildman–Crippen MR) is 111 cm³/mol. The molecule has 0 aromatic carbocycles. The Labute approximate surface area is 168 Å². The molecule has 1 saturated heterocycles. The lowest BCUT2D eigenvalue weighted by molar-refractivity contribution is 0.198. The van der Waals surface area contributed by atoms with Crippen LogP contribution in [0.1, 0.15) is 41.3 Å². The summed E-state index contributed by atoms with van der Waals surface area (Å²) in [4.78, 5) is 15.7. The number of pyridine rings is 2. The van der Waals surface area contributed by atoms with Crippen LogP contribution < -0.4 is 5.32 Å². The van der Waals surface area contributed by atoms with Crippen molar-refractivity contribution in [1.82, 2.24) is 19.9 Å². The molecule has 4 heterocycles. The van der Waals surface area contributed by atoms with Gasteiger partial charge in [-0.2, -0.15) is 5.26 Å². The molecule has 1 atom stereocenters. The number of hydrogen-bond acceptors (Lipinski definition) is 7. The van der Waals surface area contributed by atoms with E-state index in [1.54, 1.807) is 23.6 Å². The summed E-state index contributed by atoms with van der Waals surface area (Å²) >= 11 is 1.61. The number of nitrogens with zero attached hydrogens (tertiary/aromatic N) is 5. The lowest BCUT2D eigenvalue weighted by atomic mass is 9.95. The number of likely N-dealkylation sites (tertiary alicyclic amines) is 1. The fraction of sp³-hybridized carbons (Fsp3) is 0.333. The molecule has 0 unspecified atom stereocenters. The highest BCUT2D eigenvalue weighted by molar-refractivity contribution is 7.13. The van der Waals surface area contributed by atoms with Gasteiger partial charge in [-0.1, -0.05) is 6.07 Å². The topological polar surface area (TPSA) is 77.7 Å². The van der Waals surface area contributed by atoms with E-state index in [4.69, 9.17) is 10.2 Å². The van der Waals surface area contributed by atoms with Gasteiger partial charge in [-0.25, -0.2) is 9.97 Å². The second kappa shape index (κ2) is 8.46. The van der Waals surface area contributed by atoms with Gasteiger partial charge in [-0.05, 0) is 49.6 Å². The minimum Gasteiger partial charge on any atom is -0.330 e. The van der Waals surface area contributed by atoms with Gasteiger partial charge in [-0.15, -0.1) is 11.3 Å². The average molecular weight is 391 g/mol. The molecule has 0 aliphatic carbocycles. The molecule has 4 rings (SSSR count). The van der Waals surface area contributed by atoms with E-state index in [9.17, 15) is 0 Å². The summed E-state index contributed by atoms with van der Waals surface area (Å²) in [5, 5.41) is 15.1. The first-order valence-electron chi connectivity index (χ1n) is 9.41. The first-order chi connectivity index (χ1) is 13.7. The minimum atomic E-state index is 0.413. The molecule has 0 saturated carbocycles. The maximum Gasteiger partial charge on any atom is 0.187 e. The van der Waals surface area contributed by atoms with Gasteiger partial charge in [0, 0.05) is 36.8 Å². The van der Waals surface area contributed by atoms with E-state index in [0.29, 0.717) is 11.6 Å². The number of nitriles is 1. The van der Waals surface area contributed by atoms with Crippen LogP contribution in [0.15, 0.2) is 42.2 Å². The number of aromatic nitrogens is 3. The Bertz CT molecular complexity index is 975. The fourth-order valence-corrected chi connectivity index (χ4v) is 4.40. The first kappa shape index (κ1) is 18.5. The Balaban J connectivity index is 1.39. The van der Waals surface area contributed by atoms with Crippen molar-refractivity contribution in [2.24, 2.45) is 0 Å². The Morgan fingerprint density at radius 1 is 1.32 bits per heavy atom. The normalized spacial score (nSPS) is 17.2. The smallest absolute Gasteiger partial charge is 0.187 e. The largest absolute Gasteiger partial charge is 0.330 e. The van der Waals surface area contributed by atoms with Crippen LogP contribution in [0, 0.1) is 18.3 Å². The number of thiazole rings is 1. The summed E-state index contributed by atoms with van der Waals surface area (Å²) in [6.07, 6.45) is 7.88. The third kappa shape index (κ3) is 4.53. The fourth-order valence-electron chi connectivity index (χ4n) is 3.59. The molecule has 3 aromatic rings.